The van der Waals surface area contributed by atoms with E-state index >= 15 is 0 Å². The van der Waals surface area contributed by atoms with E-state index in [-0.39, 0.29) is 5.56 Å². The van der Waals surface area contributed by atoms with Gasteiger partial charge in [0.1, 0.15) is 11.6 Å². The zero-order valence-corrected chi connectivity index (χ0v) is 16.6. The number of benzene rings is 2. The summed E-state index contributed by atoms with van der Waals surface area (Å²) >= 11 is 0. The summed E-state index contributed by atoms with van der Waals surface area (Å²) in [5.41, 5.74) is 1.49. The average Bonchev–Trinajstić information content (AvgIpc) is 3.11. The molecule has 2 heterocycles. The molecule has 1 aliphatic rings. The van der Waals surface area contributed by atoms with Gasteiger partial charge in [0.05, 0.1) is 23.2 Å². The molecule has 1 atom stereocenters. The SMILES string of the molecule is Cc1nc2ccccc2c(=O)n1-c1ccc(OCCCN2CCC[C@H]2C)cc1. The minimum Gasteiger partial charge on any atom is -0.494 e. The van der Waals surface area contributed by atoms with E-state index in [9.17, 15) is 4.79 Å². The highest BCUT2D eigenvalue weighted by molar-refractivity contribution is 5.77. The van der Waals surface area contributed by atoms with Crippen LogP contribution in [0.5, 0.6) is 5.75 Å². The van der Waals surface area contributed by atoms with Gasteiger partial charge in [0, 0.05) is 12.6 Å². The Kier molecular flexibility index (Phi) is 5.44. The van der Waals surface area contributed by atoms with E-state index in [0.717, 1.165) is 29.9 Å². The summed E-state index contributed by atoms with van der Waals surface area (Å²) in [6.45, 7) is 7.18. The number of hydrogen-bond acceptors (Lipinski definition) is 4. The van der Waals surface area contributed by atoms with Crippen molar-refractivity contribution in [2.24, 2.45) is 0 Å². The van der Waals surface area contributed by atoms with Crippen molar-refractivity contribution in [1.82, 2.24) is 14.5 Å². The second kappa shape index (κ2) is 8.15. The predicted octanol–water partition coefficient (Wildman–Crippen LogP) is 3.95. The van der Waals surface area contributed by atoms with Gasteiger partial charge in [-0.25, -0.2) is 4.98 Å². The van der Waals surface area contributed by atoms with Crippen molar-refractivity contribution in [1.29, 1.82) is 0 Å². The number of likely N-dealkylation sites (tertiary alicyclic amines) is 1. The summed E-state index contributed by atoms with van der Waals surface area (Å²) in [6.07, 6.45) is 3.65. The fourth-order valence-corrected chi connectivity index (χ4v) is 4.02. The number of fused-ring (bicyclic) bond motifs is 1. The van der Waals surface area contributed by atoms with Crippen molar-refractivity contribution in [2.45, 2.75) is 39.2 Å². The van der Waals surface area contributed by atoms with Crippen molar-refractivity contribution in [2.75, 3.05) is 19.7 Å². The van der Waals surface area contributed by atoms with Crippen LogP contribution in [0.3, 0.4) is 0 Å². The van der Waals surface area contributed by atoms with E-state index in [4.69, 9.17) is 4.74 Å². The number of hydrogen-bond donors (Lipinski definition) is 0. The first-order valence-electron chi connectivity index (χ1n) is 10.1. The summed E-state index contributed by atoms with van der Waals surface area (Å²) < 4.78 is 7.55. The first kappa shape index (κ1) is 18.7. The lowest BCUT2D eigenvalue weighted by atomic mass is 10.2. The van der Waals surface area contributed by atoms with E-state index in [1.165, 1.54) is 19.4 Å². The minimum atomic E-state index is -0.0449. The third-order valence-corrected chi connectivity index (χ3v) is 5.59. The van der Waals surface area contributed by atoms with Gasteiger partial charge in [0.2, 0.25) is 0 Å². The molecule has 146 valence electrons. The van der Waals surface area contributed by atoms with Crippen molar-refractivity contribution < 1.29 is 4.74 Å². The van der Waals surface area contributed by atoms with Crippen LogP contribution in [0, 0.1) is 6.92 Å². The molecule has 1 saturated heterocycles. The van der Waals surface area contributed by atoms with Crippen molar-refractivity contribution in [3.63, 3.8) is 0 Å². The van der Waals surface area contributed by atoms with Gasteiger partial charge in [0.15, 0.2) is 0 Å². The first-order valence-corrected chi connectivity index (χ1v) is 10.1. The number of rotatable bonds is 6. The van der Waals surface area contributed by atoms with Crippen LogP contribution in [0.25, 0.3) is 16.6 Å². The van der Waals surface area contributed by atoms with Gasteiger partial charge in [-0.2, -0.15) is 0 Å². The molecular formula is C23H27N3O2. The second-order valence-electron chi connectivity index (χ2n) is 7.54. The maximum Gasteiger partial charge on any atom is 0.265 e. The summed E-state index contributed by atoms with van der Waals surface area (Å²) in [5, 5.41) is 0.629. The maximum atomic E-state index is 12.9. The number of ether oxygens (including phenoxy) is 1. The Balaban J connectivity index is 1.43. The highest BCUT2D eigenvalue weighted by atomic mass is 16.5. The molecule has 1 fully saturated rings. The Hall–Kier alpha value is -2.66. The molecule has 0 radical (unpaired) electrons. The Morgan fingerprint density at radius 3 is 2.68 bits per heavy atom. The van der Waals surface area contributed by atoms with Gasteiger partial charge >= 0.3 is 0 Å². The monoisotopic (exact) mass is 377 g/mol. The van der Waals surface area contributed by atoms with Crippen LogP contribution < -0.4 is 10.3 Å². The topological polar surface area (TPSA) is 47.4 Å². The van der Waals surface area contributed by atoms with Crippen LogP contribution in [-0.2, 0) is 0 Å². The van der Waals surface area contributed by atoms with Crippen LogP contribution in [0.1, 0.15) is 32.0 Å². The van der Waals surface area contributed by atoms with Gasteiger partial charge in [0.25, 0.3) is 5.56 Å². The number of nitrogens with zero attached hydrogens (tertiary/aromatic N) is 3. The zero-order valence-electron chi connectivity index (χ0n) is 16.6. The molecule has 1 aliphatic heterocycles. The molecule has 0 amide bonds. The summed E-state index contributed by atoms with van der Waals surface area (Å²) in [7, 11) is 0. The van der Waals surface area contributed by atoms with Crippen molar-refractivity contribution in [3.8, 4) is 11.4 Å². The molecular weight excluding hydrogens is 350 g/mol. The molecule has 5 nitrogen and oxygen atoms in total. The maximum absolute atomic E-state index is 12.9. The van der Waals surface area contributed by atoms with Crippen LogP contribution >= 0.6 is 0 Å². The molecule has 0 saturated carbocycles. The predicted molar refractivity (Wildman–Crippen MR) is 112 cm³/mol. The quantitative estimate of drug-likeness (QED) is 0.611. The van der Waals surface area contributed by atoms with E-state index in [0.29, 0.717) is 23.9 Å². The van der Waals surface area contributed by atoms with E-state index in [1.54, 1.807) is 4.57 Å². The molecule has 1 aromatic heterocycles. The van der Waals surface area contributed by atoms with Crippen LogP contribution in [0.2, 0.25) is 0 Å². The Morgan fingerprint density at radius 1 is 1.14 bits per heavy atom. The Labute approximate surface area is 165 Å². The molecule has 2 aromatic carbocycles. The molecule has 0 unspecified atom stereocenters. The lowest BCUT2D eigenvalue weighted by Crippen LogP contribution is -2.28. The number of aryl methyl sites for hydroxylation is 1. The van der Waals surface area contributed by atoms with Crippen molar-refractivity contribution >= 4 is 10.9 Å². The highest BCUT2D eigenvalue weighted by Crippen LogP contribution is 2.18. The number of para-hydroxylation sites is 1. The summed E-state index contributed by atoms with van der Waals surface area (Å²) in [5.74, 6) is 1.51. The first-order chi connectivity index (χ1) is 13.6. The van der Waals surface area contributed by atoms with E-state index in [1.807, 2.05) is 55.5 Å². The molecule has 0 aliphatic carbocycles. The van der Waals surface area contributed by atoms with Gasteiger partial charge in [-0.15, -0.1) is 0 Å². The van der Waals surface area contributed by atoms with E-state index in [2.05, 4.69) is 16.8 Å². The minimum absolute atomic E-state index is 0.0449. The molecule has 5 heteroatoms. The third-order valence-electron chi connectivity index (χ3n) is 5.59. The average molecular weight is 377 g/mol. The van der Waals surface area contributed by atoms with Gasteiger partial charge < -0.3 is 9.64 Å². The summed E-state index contributed by atoms with van der Waals surface area (Å²) in [4.78, 5) is 20.0. The third kappa shape index (κ3) is 3.80. The van der Waals surface area contributed by atoms with Crippen LogP contribution in [0.4, 0.5) is 0 Å². The normalized spacial score (nSPS) is 17.3. The highest BCUT2D eigenvalue weighted by Gasteiger charge is 2.19. The van der Waals surface area contributed by atoms with Crippen LogP contribution in [0.15, 0.2) is 53.3 Å². The molecule has 28 heavy (non-hydrogen) atoms. The Morgan fingerprint density at radius 2 is 1.93 bits per heavy atom. The fourth-order valence-electron chi connectivity index (χ4n) is 4.02. The van der Waals surface area contributed by atoms with Gasteiger partial charge in [-0.3, -0.25) is 9.36 Å². The summed E-state index contributed by atoms with van der Waals surface area (Å²) in [6, 6.07) is 15.8. The van der Waals surface area contributed by atoms with E-state index < -0.39 is 0 Å². The van der Waals surface area contributed by atoms with Crippen LogP contribution in [-0.4, -0.2) is 40.2 Å². The largest absolute Gasteiger partial charge is 0.494 e. The molecule has 0 bridgehead atoms. The zero-order chi connectivity index (χ0) is 19.5. The van der Waals surface area contributed by atoms with Gasteiger partial charge in [-0.1, -0.05) is 12.1 Å². The molecule has 0 N–H and O–H groups in total. The standard InChI is InChI=1S/C23H27N3O2/c1-17-7-5-14-25(17)15-6-16-28-20-12-10-19(11-13-20)26-18(2)24-22-9-4-3-8-21(22)23(26)27/h3-4,8-13,17H,5-7,14-16H2,1-2H3/t17-/m1/s1. The second-order valence-corrected chi connectivity index (χ2v) is 7.54. The lowest BCUT2D eigenvalue weighted by Gasteiger charge is -2.20. The smallest absolute Gasteiger partial charge is 0.265 e. The fraction of sp³-hybridized carbons (Fsp3) is 0.391. The molecule has 3 aromatic rings. The van der Waals surface area contributed by atoms with Gasteiger partial charge in [-0.05, 0) is 76.1 Å². The molecule has 0 spiro atoms. The number of aromatic nitrogens is 2. The molecule has 4 rings (SSSR count). The van der Waals surface area contributed by atoms with Crippen molar-refractivity contribution in [3.05, 3.63) is 64.7 Å². The Bertz CT molecular complexity index is 1010. The lowest BCUT2D eigenvalue weighted by molar-refractivity contribution is 0.230.